The molecule has 0 bridgehead atoms. The predicted octanol–water partition coefficient (Wildman–Crippen LogP) is 7.85. The first kappa shape index (κ1) is 29.3. The number of benzene rings is 2. The van der Waals surface area contributed by atoms with Gasteiger partial charge >= 0.3 is 22.3 Å². The Morgan fingerprint density at radius 3 is 2.25 bits per heavy atom. The quantitative estimate of drug-likeness (QED) is 0.256. The maximum absolute atomic E-state index is 13.9. The van der Waals surface area contributed by atoms with Crippen LogP contribution < -0.4 is 5.32 Å². The topological polar surface area (TPSA) is 117 Å². The van der Waals surface area contributed by atoms with Gasteiger partial charge in [-0.3, -0.25) is 10.1 Å². The second kappa shape index (κ2) is 8.91. The Balaban J connectivity index is 1.84. The summed E-state index contributed by atoms with van der Waals surface area (Å²) >= 11 is 11.8. The third-order valence-electron chi connectivity index (χ3n) is 5.89. The number of hydrogen-bond donors (Lipinski definition) is 2. The van der Waals surface area contributed by atoms with Crippen LogP contribution in [0.3, 0.4) is 0 Å². The van der Waals surface area contributed by atoms with Crippen molar-refractivity contribution in [2.24, 2.45) is 0 Å². The molecular weight excluding hydrogens is 620 g/mol. The number of nitriles is 1. The van der Waals surface area contributed by atoms with E-state index in [2.05, 4.69) is 10.4 Å². The molecule has 1 aliphatic carbocycles. The van der Waals surface area contributed by atoms with E-state index in [1.807, 2.05) is 0 Å². The van der Waals surface area contributed by atoms with Crippen molar-refractivity contribution in [3.8, 4) is 11.8 Å². The summed E-state index contributed by atoms with van der Waals surface area (Å²) in [4.78, 5) is 22.3. The zero-order valence-electron chi connectivity index (χ0n) is 19.3. The molecule has 18 heteroatoms. The second-order valence-electron chi connectivity index (χ2n) is 8.60. The van der Waals surface area contributed by atoms with Crippen LogP contribution >= 0.6 is 33.4 Å². The van der Waals surface area contributed by atoms with Crippen LogP contribution in [0.5, 0.6) is 0 Å². The van der Waals surface area contributed by atoms with Gasteiger partial charge in [0.2, 0.25) is 0 Å². The number of carbonyl (C=O) groups excluding carboxylic acids is 1. The predicted molar refractivity (Wildman–Crippen MR) is 128 cm³/mol. The molecule has 4 rings (SSSR count). The van der Waals surface area contributed by atoms with Crippen molar-refractivity contribution in [3.05, 3.63) is 68.8 Å². The van der Waals surface area contributed by atoms with Crippen molar-refractivity contribution in [1.29, 1.82) is 5.26 Å². The largest absolute Gasteiger partial charge is 0.481 e. The zero-order valence-corrected chi connectivity index (χ0v) is 21.7. The number of hydrogen-bond acceptors (Lipinski definition) is 5. The van der Waals surface area contributed by atoms with E-state index in [4.69, 9.17) is 27.9 Å². The number of aromatic nitrogens is 2. The maximum atomic E-state index is 13.9. The number of rotatable bonds is 7. The van der Waals surface area contributed by atoms with Crippen molar-refractivity contribution >= 4 is 51.3 Å². The van der Waals surface area contributed by atoms with Crippen molar-refractivity contribution in [2.45, 2.75) is 29.8 Å². The first-order valence-electron chi connectivity index (χ1n) is 10.7. The molecule has 214 valence electrons. The normalized spacial score (nSPS) is 15.9. The van der Waals surface area contributed by atoms with Gasteiger partial charge in [-0.15, -0.1) is 0 Å². The molecule has 1 amide bonds. The van der Waals surface area contributed by atoms with Gasteiger partial charge in [-0.05, 0) is 31.0 Å². The molecule has 3 aromatic rings. The molecule has 0 saturated heterocycles. The standard InChI is InChI=1S/C22H13Cl2F7N4O4S/c23-12-6-11(40(27,28,29,30)31)7-13(24)18(12)35-19(16(15(8-32)34-35)22(4-5-22)20(36)37)33-21(38)39-9-10-2-1-3-14(25)17(10)26/h1-3,6-7H,4-5,9H2,(H,33,38)(H,36,37). The number of anilines is 1. The average Bonchev–Trinajstić information content (AvgIpc) is 3.56. The van der Waals surface area contributed by atoms with Crippen LogP contribution in [0.4, 0.5) is 38.8 Å². The van der Waals surface area contributed by atoms with Gasteiger partial charge in [0.05, 0.1) is 21.0 Å². The van der Waals surface area contributed by atoms with E-state index in [-0.39, 0.29) is 30.5 Å². The Hall–Kier alpha value is -3.68. The molecule has 0 radical (unpaired) electrons. The lowest BCUT2D eigenvalue weighted by Gasteiger charge is -2.40. The number of carboxylic acids is 1. The molecule has 0 aliphatic heterocycles. The number of amides is 1. The summed E-state index contributed by atoms with van der Waals surface area (Å²) in [6.45, 7) is -0.825. The highest BCUT2D eigenvalue weighted by molar-refractivity contribution is 8.45. The van der Waals surface area contributed by atoms with Gasteiger partial charge in [0.1, 0.15) is 29.1 Å². The average molecular weight is 633 g/mol. The number of halogens is 9. The molecule has 0 unspecified atom stereocenters. The Morgan fingerprint density at radius 1 is 1.15 bits per heavy atom. The molecule has 1 heterocycles. The summed E-state index contributed by atoms with van der Waals surface area (Å²) in [6, 6.07) is 4.35. The van der Waals surface area contributed by atoms with E-state index in [0.717, 1.165) is 18.2 Å². The minimum absolute atomic E-state index is 0.0500. The van der Waals surface area contributed by atoms with E-state index in [9.17, 15) is 48.2 Å². The number of ether oxygens (including phenoxy) is 1. The molecule has 1 aromatic heterocycles. The number of nitrogens with one attached hydrogen (secondary N) is 1. The van der Waals surface area contributed by atoms with Crippen molar-refractivity contribution < 1.29 is 47.6 Å². The van der Waals surface area contributed by atoms with Crippen LogP contribution in [0.1, 0.15) is 29.7 Å². The molecule has 1 aliphatic rings. The minimum Gasteiger partial charge on any atom is -0.481 e. The van der Waals surface area contributed by atoms with Gasteiger partial charge in [-0.1, -0.05) is 54.8 Å². The zero-order chi connectivity index (χ0) is 29.9. The Labute approximate surface area is 229 Å². The van der Waals surface area contributed by atoms with E-state index >= 15 is 0 Å². The van der Waals surface area contributed by atoms with E-state index < -0.39 is 83.6 Å². The van der Waals surface area contributed by atoms with Crippen molar-refractivity contribution in [1.82, 2.24) is 9.78 Å². The lowest BCUT2D eigenvalue weighted by molar-refractivity contribution is -0.140. The third-order valence-corrected chi connectivity index (χ3v) is 7.59. The first-order chi connectivity index (χ1) is 18.3. The summed E-state index contributed by atoms with van der Waals surface area (Å²) < 4.78 is 99.6. The van der Waals surface area contributed by atoms with Gasteiger partial charge in [0, 0.05) is 5.56 Å². The molecule has 0 spiro atoms. The highest BCUT2D eigenvalue weighted by Gasteiger charge is 2.66. The third kappa shape index (κ3) is 5.36. The summed E-state index contributed by atoms with van der Waals surface area (Å²) in [5.74, 6) is -4.66. The summed E-state index contributed by atoms with van der Waals surface area (Å²) in [5, 5.41) is 23.2. The molecule has 40 heavy (non-hydrogen) atoms. The van der Waals surface area contributed by atoms with Crippen LogP contribution in [0.25, 0.3) is 5.69 Å². The van der Waals surface area contributed by atoms with E-state index in [1.54, 1.807) is 6.07 Å². The molecule has 2 N–H and O–H groups in total. The van der Waals surface area contributed by atoms with Crippen LogP contribution in [0.2, 0.25) is 10.0 Å². The maximum Gasteiger partial charge on any atom is 0.413 e. The summed E-state index contributed by atoms with van der Waals surface area (Å²) in [6.07, 6.45) is -1.52. The fourth-order valence-corrected chi connectivity index (χ4v) is 5.28. The van der Waals surface area contributed by atoms with Crippen LogP contribution in [-0.2, 0) is 21.6 Å². The number of aliphatic carboxylic acids is 1. The van der Waals surface area contributed by atoms with Crippen LogP contribution in [0.15, 0.2) is 35.2 Å². The van der Waals surface area contributed by atoms with E-state index in [1.165, 1.54) is 0 Å². The van der Waals surface area contributed by atoms with Gasteiger partial charge in [0.25, 0.3) is 0 Å². The van der Waals surface area contributed by atoms with Gasteiger partial charge < -0.3 is 9.84 Å². The molecule has 0 atom stereocenters. The first-order valence-corrected chi connectivity index (χ1v) is 13.4. The molecule has 8 nitrogen and oxygen atoms in total. The number of carboxylic acid groups (broad SMARTS) is 1. The Morgan fingerprint density at radius 2 is 1.75 bits per heavy atom. The highest BCUT2D eigenvalue weighted by Crippen LogP contribution is 3.02. The minimum atomic E-state index is -10.3. The van der Waals surface area contributed by atoms with E-state index in [0.29, 0.717) is 4.68 Å². The lowest BCUT2D eigenvalue weighted by Crippen LogP contribution is -2.24. The molecule has 1 saturated carbocycles. The number of carbonyl (C=O) groups is 2. The van der Waals surface area contributed by atoms with Crippen molar-refractivity contribution in [2.75, 3.05) is 5.32 Å². The highest BCUT2D eigenvalue weighted by atomic mass is 35.5. The van der Waals surface area contributed by atoms with Crippen LogP contribution in [-0.4, -0.2) is 26.9 Å². The lowest BCUT2D eigenvalue weighted by atomic mass is 9.95. The molecule has 1 fully saturated rings. The summed E-state index contributed by atoms with van der Waals surface area (Å²) in [5.41, 5.74) is -3.90. The number of nitrogens with zero attached hydrogens (tertiary/aromatic N) is 3. The second-order valence-corrected chi connectivity index (χ2v) is 11.8. The summed E-state index contributed by atoms with van der Waals surface area (Å²) in [7, 11) is -10.3. The molecular formula is C22H13Cl2F7N4O4S. The fourth-order valence-electron chi connectivity index (χ4n) is 3.83. The van der Waals surface area contributed by atoms with Gasteiger partial charge in [0.15, 0.2) is 17.3 Å². The fraction of sp³-hybridized carbons (Fsp3) is 0.182. The SMILES string of the molecule is N#Cc1nn(-c2c(Cl)cc(S(F)(F)(F)(F)F)cc2Cl)c(NC(=O)OCc2cccc(F)c2F)c1C1(C(=O)O)CC1. The van der Waals surface area contributed by atoms with Gasteiger partial charge in [-0.2, -0.15) is 10.4 Å². The Bertz CT molecular complexity index is 1620. The molecule has 2 aromatic carbocycles. The smallest absolute Gasteiger partial charge is 0.413 e. The monoisotopic (exact) mass is 632 g/mol. The van der Waals surface area contributed by atoms with Crippen LogP contribution in [0, 0.1) is 23.0 Å². The van der Waals surface area contributed by atoms with Crippen molar-refractivity contribution in [3.63, 3.8) is 0 Å². The van der Waals surface area contributed by atoms with Gasteiger partial charge in [-0.25, -0.2) is 18.3 Å². The Kier molecular flexibility index (Phi) is 6.53.